The fraction of sp³-hybridized carbons (Fsp3) is 0.0588. The number of hydrogen-bond donors (Lipinski definition) is 0. The Labute approximate surface area is 143 Å². The molecule has 0 saturated carbocycles. The average Bonchev–Trinajstić information content (AvgIpc) is 3.03. The van der Waals surface area contributed by atoms with Crippen molar-refractivity contribution in [2.75, 3.05) is 0 Å². The second kappa shape index (κ2) is 7.06. The van der Waals surface area contributed by atoms with Crippen LogP contribution < -0.4 is 9.78 Å². The van der Waals surface area contributed by atoms with Gasteiger partial charge in [-0.05, 0) is 29.8 Å². The largest absolute Gasteiger partial charge is 0.856 e. The second-order valence-corrected chi connectivity index (χ2v) is 5.46. The summed E-state index contributed by atoms with van der Waals surface area (Å²) in [5.41, 5.74) is 1.02. The smallest absolute Gasteiger partial charge is 0.288 e. The Kier molecular flexibility index (Phi) is 4.67. The Morgan fingerprint density at radius 2 is 1.83 bits per heavy atom. The zero-order valence-corrected chi connectivity index (χ0v) is 13.3. The molecule has 0 saturated heterocycles. The minimum absolute atomic E-state index is 0.0453. The molecule has 7 heteroatoms. The molecule has 120 valence electrons. The number of aromatic nitrogens is 3. The van der Waals surface area contributed by atoms with E-state index in [1.165, 1.54) is 22.0 Å². The van der Waals surface area contributed by atoms with Gasteiger partial charge in [-0.2, -0.15) is 0 Å². The highest BCUT2D eigenvalue weighted by Crippen LogP contribution is 2.10. The number of benzene rings is 2. The molecular formula is C17H13ClN4O2. The lowest BCUT2D eigenvalue weighted by molar-refractivity contribution is -0.682. The van der Waals surface area contributed by atoms with E-state index in [1.807, 2.05) is 6.07 Å². The van der Waals surface area contributed by atoms with Crippen LogP contribution in [-0.4, -0.2) is 21.5 Å². The van der Waals surface area contributed by atoms with Crippen LogP contribution in [0.25, 0.3) is 0 Å². The van der Waals surface area contributed by atoms with Gasteiger partial charge in [-0.1, -0.05) is 41.9 Å². The number of hydrogen-bond acceptors (Lipinski definition) is 4. The lowest BCUT2D eigenvalue weighted by Gasteiger charge is -2.07. The van der Waals surface area contributed by atoms with Gasteiger partial charge in [0.05, 0.1) is 0 Å². The van der Waals surface area contributed by atoms with Gasteiger partial charge in [-0.25, -0.2) is 0 Å². The molecular weight excluding hydrogens is 328 g/mol. The predicted octanol–water partition coefficient (Wildman–Crippen LogP) is 1.28. The Hall–Kier alpha value is -2.99. The van der Waals surface area contributed by atoms with Crippen molar-refractivity contribution < 1.29 is 14.6 Å². The summed E-state index contributed by atoms with van der Waals surface area (Å²) in [7, 11) is 0. The van der Waals surface area contributed by atoms with E-state index in [4.69, 9.17) is 11.6 Å². The van der Waals surface area contributed by atoms with Crippen LogP contribution in [0.4, 0.5) is 0 Å². The van der Waals surface area contributed by atoms with Gasteiger partial charge in [0, 0.05) is 21.6 Å². The summed E-state index contributed by atoms with van der Waals surface area (Å²) in [6.07, 6.45) is 2.85. The van der Waals surface area contributed by atoms with Crippen LogP contribution in [0.15, 0.2) is 72.4 Å². The van der Waals surface area contributed by atoms with Crippen LogP contribution >= 0.6 is 11.6 Å². The summed E-state index contributed by atoms with van der Waals surface area (Å²) in [4.78, 5) is 12.2. The standard InChI is InChI=1S/C17H13ClN4O2/c18-15-8-6-13(7-9-15)16(23)10-21-12-22(11-19-21)20-17(24)14-4-2-1-3-5-14/h1-9,11-12H,10H2. The van der Waals surface area contributed by atoms with Crippen molar-refractivity contribution in [1.82, 2.24) is 9.78 Å². The van der Waals surface area contributed by atoms with Crippen molar-refractivity contribution in [2.45, 2.75) is 6.54 Å². The molecule has 3 aromatic rings. The molecule has 0 aliphatic heterocycles. The fourth-order valence-corrected chi connectivity index (χ4v) is 2.19. The quantitative estimate of drug-likeness (QED) is 0.304. The van der Waals surface area contributed by atoms with Gasteiger partial charge in [0.2, 0.25) is 6.33 Å². The molecule has 1 heterocycles. The first-order chi connectivity index (χ1) is 11.6. The van der Waals surface area contributed by atoms with Gasteiger partial charge in [0.25, 0.3) is 6.33 Å². The summed E-state index contributed by atoms with van der Waals surface area (Å²) >= 11 is 5.80. The van der Waals surface area contributed by atoms with Gasteiger partial charge in [-0.15, -0.1) is 14.5 Å². The van der Waals surface area contributed by atoms with Gasteiger partial charge < -0.3 is 5.11 Å². The van der Waals surface area contributed by atoms with E-state index in [0.717, 1.165) is 0 Å². The zero-order chi connectivity index (χ0) is 16.9. The van der Waals surface area contributed by atoms with Crippen LogP contribution in [0.1, 0.15) is 15.9 Å². The van der Waals surface area contributed by atoms with Crippen molar-refractivity contribution in [1.29, 1.82) is 0 Å². The van der Waals surface area contributed by atoms with E-state index in [2.05, 4.69) is 10.2 Å². The number of carbonyl (C=O) groups is 1. The summed E-state index contributed by atoms with van der Waals surface area (Å²) in [5.74, 6) is -0.500. The third kappa shape index (κ3) is 3.85. The monoisotopic (exact) mass is 340 g/mol. The molecule has 0 atom stereocenters. The minimum atomic E-state index is -0.385. The first-order valence-electron chi connectivity index (χ1n) is 7.16. The Morgan fingerprint density at radius 1 is 1.12 bits per heavy atom. The van der Waals surface area contributed by atoms with Crippen LogP contribution in [0.3, 0.4) is 0 Å². The molecule has 0 aliphatic carbocycles. The van der Waals surface area contributed by atoms with Crippen LogP contribution in [-0.2, 0) is 6.54 Å². The number of rotatable bonds is 5. The molecule has 3 rings (SSSR count). The summed E-state index contributed by atoms with van der Waals surface area (Å²) in [6, 6.07) is 15.4. The topological polar surface area (TPSA) is 74.2 Å². The Balaban J connectivity index is 1.71. The van der Waals surface area contributed by atoms with Gasteiger partial charge >= 0.3 is 0 Å². The molecule has 0 unspecified atom stereocenters. The van der Waals surface area contributed by atoms with E-state index >= 15 is 0 Å². The van der Waals surface area contributed by atoms with Crippen molar-refractivity contribution in [3.63, 3.8) is 0 Å². The molecule has 0 N–H and O–H groups in total. The van der Waals surface area contributed by atoms with E-state index in [-0.39, 0.29) is 18.2 Å². The molecule has 0 spiro atoms. The maximum Gasteiger partial charge on any atom is 0.288 e. The average molecular weight is 341 g/mol. The highest BCUT2D eigenvalue weighted by molar-refractivity contribution is 6.30. The first-order valence-corrected chi connectivity index (χ1v) is 7.53. The van der Waals surface area contributed by atoms with Crippen LogP contribution in [0, 0.1) is 0 Å². The lowest BCUT2D eigenvalue weighted by Crippen LogP contribution is -2.32. The molecule has 0 fully saturated rings. The molecule has 0 aliphatic rings. The van der Waals surface area contributed by atoms with Crippen molar-refractivity contribution >= 4 is 23.3 Å². The predicted molar refractivity (Wildman–Crippen MR) is 86.6 cm³/mol. The van der Waals surface area contributed by atoms with Crippen LogP contribution in [0.5, 0.6) is 0 Å². The minimum Gasteiger partial charge on any atom is -0.856 e. The van der Waals surface area contributed by atoms with Crippen molar-refractivity contribution in [3.05, 3.63) is 83.4 Å². The number of carbonyl (C=O) groups excluding carboxylic acids is 1. The summed E-state index contributed by atoms with van der Waals surface area (Å²) in [5, 5.41) is 20.5. The molecule has 0 radical (unpaired) electrons. The fourth-order valence-electron chi connectivity index (χ4n) is 2.07. The Bertz CT molecular complexity index is 873. The third-order valence-electron chi connectivity index (χ3n) is 3.27. The summed E-state index contributed by atoms with van der Waals surface area (Å²) in [6.45, 7) is 0.0453. The molecule has 0 bridgehead atoms. The second-order valence-electron chi connectivity index (χ2n) is 5.03. The third-order valence-corrected chi connectivity index (χ3v) is 3.52. The molecule has 1 aromatic heterocycles. The summed E-state index contributed by atoms with van der Waals surface area (Å²) < 4.78 is 2.70. The van der Waals surface area contributed by atoms with Gasteiger partial charge in [-0.3, -0.25) is 4.79 Å². The van der Waals surface area contributed by atoms with E-state index in [0.29, 0.717) is 16.1 Å². The first kappa shape index (κ1) is 15.9. The number of halogens is 1. The zero-order valence-electron chi connectivity index (χ0n) is 12.5. The lowest BCUT2D eigenvalue weighted by atomic mass is 10.1. The SMILES string of the molecule is O=C(Cn1c[n+](/N=C(\[O-])c2ccccc2)cn1)c1ccc(Cl)cc1. The molecule has 0 amide bonds. The normalized spacial score (nSPS) is 11.5. The van der Waals surface area contributed by atoms with Crippen molar-refractivity contribution in [2.24, 2.45) is 5.10 Å². The van der Waals surface area contributed by atoms with Gasteiger partial charge in [0.15, 0.2) is 12.3 Å². The van der Waals surface area contributed by atoms with Crippen LogP contribution in [0.2, 0.25) is 5.02 Å². The number of ketones is 1. The maximum absolute atomic E-state index is 12.2. The highest BCUT2D eigenvalue weighted by Gasteiger charge is 2.13. The van der Waals surface area contributed by atoms with E-state index in [9.17, 15) is 9.90 Å². The molecule has 2 aromatic carbocycles. The van der Waals surface area contributed by atoms with Gasteiger partial charge in [0.1, 0.15) is 0 Å². The highest BCUT2D eigenvalue weighted by atomic mass is 35.5. The molecule has 24 heavy (non-hydrogen) atoms. The maximum atomic E-state index is 12.2. The van der Waals surface area contributed by atoms with Crippen molar-refractivity contribution in [3.8, 4) is 0 Å². The van der Waals surface area contributed by atoms with E-state index in [1.54, 1.807) is 48.5 Å². The van der Waals surface area contributed by atoms with E-state index < -0.39 is 0 Å². The Morgan fingerprint density at radius 3 is 2.54 bits per heavy atom. The number of nitrogens with zero attached hydrogens (tertiary/aromatic N) is 4. The molecule has 6 nitrogen and oxygen atoms in total. The number of Topliss-reactive ketones (excluding diaryl/α,β-unsaturated/α-hetero) is 1.